The van der Waals surface area contributed by atoms with Gasteiger partial charge >= 0.3 is 5.97 Å². The average Bonchev–Trinajstić information content (AvgIpc) is 2.65. The van der Waals surface area contributed by atoms with Crippen molar-refractivity contribution in [1.29, 1.82) is 0 Å². The molecule has 0 saturated heterocycles. The lowest BCUT2D eigenvalue weighted by atomic mass is 10.1. The van der Waals surface area contributed by atoms with E-state index in [1.807, 2.05) is 0 Å². The molecule has 0 atom stereocenters. The van der Waals surface area contributed by atoms with Gasteiger partial charge in [-0.15, -0.1) is 0 Å². The highest BCUT2D eigenvalue weighted by molar-refractivity contribution is 6.11. The summed E-state index contributed by atoms with van der Waals surface area (Å²) < 4.78 is 0. The first-order chi connectivity index (χ1) is 7.16. The van der Waals surface area contributed by atoms with E-state index >= 15 is 0 Å². The third-order valence-electron chi connectivity index (χ3n) is 1.96. The number of rotatable bonds is 2. The SMILES string of the molecule is O=C1CC(c2cccc([N+](=O)[O-])c2)=NO1. The van der Waals surface area contributed by atoms with E-state index in [0.717, 1.165) is 0 Å². The summed E-state index contributed by atoms with van der Waals surface area (Å²) >= 11 is 0. The molecule has 15 heavy (non-hydrogen) atoms. The van der Waals surface area contributed by atoms with E-state index in [1.54, 1.807) is 12.1 Å². The summed E-state index contributed by atoms with van der Waals surface area (Å²) in [4.78, 5) is 25.2. The van der Waals surface area contributed by atoms with Gasteiger partial charge in [0.25, 0.3) is 5.69 Å². The Bertz CT molecular complexity index is 467. The second-order valence-electron chi connectivity index (χ2n) is 2.99. The number of nitro groups is 1. The number of hydrogen-bond acceptors (Lipinski definition) is 5. The summed E-state index contributed by atoms with van der Waals surface area (Å²) in [6.07, 6.45) is 0.0567. The van der Waals surface area contributed by atoms with Crippen molar-refractivity contribution in [1.82, 2.24) is 0 Å². The van der Waals surface area contributed by atoms with Crippen LogP contribution in [0.5, 0.6) is 0 Å². The van der Waals surface area contributed by atoms with E-state index in [9.17, 15) is 14.9 Å². The number of hydrogen-bond donors (Lipinski definition) is 0. The molecule has 76 valence electrons. The van der Waals surface area contributed by atoms with Crippen LogP contribution in [0.3, 0.4) is 0 Å². The Morgan fingerprint density at radius 1 is 1.47 bits per heavy atom. The highest BCUT2D eigenvalue weighted by atomic mass is 16.7. The van der Waals surface area contributed by atoms with Gasteiger partial charge in [0.15, 0.2) is 0 Å². The van der Waals surface area contributed by atoms with Gasteiger partial charge in [-0.2, -0.15) is 0 Å². The van der Waals surface area contributed by atoms with Crippen LogP contribution < -0.4 is 0 Å². The fourth-order valence-corrected chi connectivity index (χ4v) is 1.26. The lowest BCUT2D eigenvalue weighted by molar-refractivity contribution is -0.384. The van der Waals surface area contributed by atoms with Gasteiger partial charge in [-0.3, -0.25) is 10.1 Å². The van der Waals surface area contributed by atoms with Crippen LogP contribution >= 0.6 is 0 Å². The Labute approximate surface area is 84.3 Å². The first kappa shape index (κ1) is 9.32. The van der Waals surface area contributed by atoms with Crippen LogP contribution in [0.4, 0.5) is 5.69 Å². The molecule has 0 N–H and O–H groups in total. The molecule has 1 heterocycles. The van der Waals surface area contributed by atoms with Crippen molar-refractivity contribution in [2.45, 2.75) is 6.42 Å². The minimum atomic E-state index is -0.498. The summed E-state index contributed by atoms with van der Waals surface area (Å²) in [6.45, 7) is 0. The third kappa shape index (κ3) is 1.83. The zero-order valence-corrected chi connectivity index (χ0v) is 7.54. The van der Waals surface area contributed by atoms with Gasteiger partial charge in [0.05, 0.1) is 17.1 Å². The summed E-state index contributed by atoms with van der Waals surface area (Å²) in [5, 5.41) is 14.0. The highest BCUT2D eigenvalue weighted by Gasteiger charge is 2.20. The molecular formula is C9H6N2O4. The minimum absolute atomic E-state index is 0.0328. The predicted molar refractivity (Wildman–Crippen MR) is 50.3 cm³/mol. The lowest BCUT2D eigenvalue weighted by Crippen LogP contribution is -2.01. The van der Waals surface area contributed by atoms with Crippen LogP contribution in [-0.4, -0.2) is 16.6 Å². The molecule has 0 aliphatic carbocycles. The molecule has 0 amide bonds. The van der Waals surface area contributed by atoms with Gasteiger partial charge in [-0.25, -0.2) is 4.79 Å². The summed E-state index contributed by atoms with van der Waals surface area (Å²) in [7, 11) is 0. The maximum absolute atomic E-state index is 10.8. The van der Waals surface area contributed by atoms with Gasteiger partial charge < -0.3 is 4.84 Å². The molecule has 0 fully saturated rings. The van der Waals surface area contributed by atoms with Crippen LogP contribution in [0.15, 0.2) is 29.4 Å². The van der Waals surface area contributed by atoms with Crippen LogP contribution in [0, 0.1) is 10.1 Å². The number of nitro benzene ring substituents is 1. The van der Waals surface area contributed by atoms with Crippen LogP contribution in [0.2, 0.25) is 0 Å². The molecule has 1 aromatic carbocycles. The molecular weight excluding hydrogens is 200 g/mol. The quantitative estimate of drug-likeness (QED) is 0.414. The molecule has 0 aromatic heterocycles. The zero-order valence-electron chi connectivity index (χ0n) is 7.54. The van der Waals surface area contributed by atoms with Gasteiger partial charge in [0.1, 0.15) is 0 Å². The van der Waals surface area contributed by atoms with Crippen molar-refractivity contribution in [3.05, 3.63) is 39.9 Å². The van der Waals surface area contributed by atoms with Crippen molar-refractivity contribution in [3.63, 3.8) is 0 Å². The fraction of sp³-hybridized carbons (Fsp3) is 0.111. The normalized spacial score (nSPS) is 14.7. The fourth-order valence-electron chi connectivity index (χ4n) is 1.26. The lowest BCUT2D eigenvalue weighted by Gasteiger charge is -1.96. The van der Waals surface area contributed by atoms with Crippen molar-refractivity contribution in [3.8, 4) is 0 Å². The second kappa shape index (κ2) is 3.49. The standard InChI is InChI=1S/C9H6N2O4/c12-9-5-8(10-15-9)6-2-1-3-7(4-6)11(13)14/h1-4H,5H2. The monoisotopic (exact) mass is 206 g/mol. The number of oxime groups is 1. The summed E-state index contributed by atoms with van der Waals surface area (Å²) in [5.74, 6) is -0.448. The Morgan fingerprint density at radius 3 is 2.87 bits per heavy atom. The minimum Gasteiger partial charge on any atom is -0.318 e. The topological polar surface area (TPSA) is 81.8 Å². The third-order valence-corrected chi connectivity index (χ3v) is 1.96. The number of carbonyl (C=O) groups is 1. The Balaban J connectivity index is 2.33. The number of carbonyl (C=O) groups excluding carboxylic acids is 1. The summed E-state index contributed by atoms with van der Waals surface area (Å²) in [6, 6.07) is 5.93. The molecule has 0 saturated carbocycles. The van der Waals surface area contributed by atoms with E-state index < -0.39 is 10.9 Å². The first-order valence-electron chi connectivity index (χ1n) is 4.18. The van der Waals surface area contributed by atoms with E-state index in [-0.39, 0.29) is 12.1 Å². The number of nitrogens with zero attached hydrogens (tertiary/aromatic N) is 2. The largest absolute Gasteiger partial charge is 0.341 e. The Kier molecular flexibility index (Phi) is 2.17. The van der Waals surface area contributed by atoms with Crippen molar-refractivity contribution >= 4 is 17.4 Å². The van der Waals surface area contributed by atoms with Crippen molar-refractivity contribution < 1.29 is 14.6 Å². The predicted octanol–water partition coefficient (Wildman–Crippen LogP) is 1.25. The molecule has 1 aliphatic rings. The molecule has 1 aromatic rings. The first-order valence-corrected chi connectivity index (χ1v) is 4.18. The Hall–Kier alpha value is -2.24. The van der Waals surface area contributed by atoms with E-state index in [4.69, 9.17) is 0 Å². The van der Waals surface area contributed by atoms with Crippen LogP contribution in [0.25, 0.3) is 0 Å². The average molecular weight is 206 g/mol. The molecule has 6 heteroatoms. The number of non-ortho nitro benzene ring substituents is 1. The molecule has 0 bridgehead atoms. The number of benzene rings is 1. The highest BCUT2D eigenvalue weighted by Crippen LogP contribution is 2.17. The maximum Gasteiger partial charge on any atom is 0.341 e. The zero-order chi connectivity index (χ0) is 10.8. The molecule has 6 nitrogen and oxygen atoms in total. The van der Waals surface area contributed by atoms with Gasteiger partial charge in [0, 0.05) is 17.7 Å². The summed E-state index contributed by atoms with van der Waals surface area (Å²) in [5.41, 5.74) is 0.924. The molecule has 0 unspecified atom stereocenters. The molecule has 2 rings (SSSR count). The van der Waals surface area contributed by atoms with E-state index in [2.05, 4.69) is 9.99 Å². The molecule has 0 radical (unpaired) electrons. The second-order valence-corrected chi connectivity index (χ2v) is 2.99. The van der Waals surface area contributed by atoms with Crippen molar-refractivity contribution in [2.75, 3.05) is 0 Å². The van der Waals surface area contributed by atoms with E-state index in [1.165, 1.54) is 12.1 Å². The van der Waals surface area contributed by atoms with Gasteiger partial charge in [-0.05, 0) is 0 Å². The van der Waals surface area contributed by atoms with E-state index in [0.29, 0.717) is 11.3 Å². The van der Waals surface area contributed by atoms with Gasteiger partial charge in [0.2, 0.25) is 0 Å². The van der Waals surface area contributed by atoms with Crippen molar-refractivity contribution in [2.24, 2.45) is 5.16 Å². The van der Waals surface area contributed by atoms with Gasteiger partial charge in [-0.1, -0.05) is 17.3 Å². The van der Waals surface area contributed by atoms with Crippen LogP contribution in [0.1, 0.15) is 12.0 Å². The maximum atomic E-state index is 10.8. The van der Waals surface area contributed by atoms with Crippen LogP contribution in [-0.2, 0) is 9.63 Å². The Morgan fingerprint density at radius 2 is 2.27 bits per heavy atom. The smallest absolute Gasteiger partial charge is 0.318 e. The molecule has 0 spiro atoms. The molecule has 1 aliphatic heterocycles.